The lowest BCUT2D eigenvalue weighted by Crippen LogP contribution is -2.54. The summed E-state index contributed by atoms with van der Waals surface area (Å²) in [4.78, 5) is 74.0. The summed E-state index contributed by atoms with van der Waals surface area (Å²) in [5.74, 6) is -5.87. The molecule has 2 saturated carbocycles. The van der Waals surface area contributed by atoms with Crippen LogP contribution in [0.3, 0.4) is 0 Å². The number of carbonyl (C=O) groups is 6. The Kier molecular flexibility index (Phi) is 9.81. The Labute approximate surface area is 232 Å². The van der Waals surface area contributed by atoms with Gasteiger partial charge in [0.1, 0.15) is 31.1 Å². The SMILES string of the molecule is CC(=O)O[C@H]1C[C@H](OC(C)=O)[C@]2(C)[C@@H]1[C@H](C)C[C@@H]1OC(=O)[C@H](CN(C)COC(=O)CCC(=O)O)[C@H]1[C@@H]2OC(C)=O. The maximum absolute atomic E-state index is 13.2. The number of aliphatic carboxylic acids is 1. The monoisotopic (exact) mass is 569 g/mol. The summed E-state index contributed by atoms with van der Waals surface area (Å²) in [6, 6.07) is 0. The highest BCUT2D eigenvalue weighted by molar-refractivity contribution is 5.77. The van der Waals surface area contributed by atoms with Crippen LogP contribution in [-0.2, 0) is 52.5 Å². The van der Waals surface area contributed by atoms with Crippen molar-refractivity contribution in [3.8, 4) is 0 Å². The lowest BCUT2D eigenvalue weighted by molar-refractivity contribution is -0.182. The molecular formula is C27H39NO12. The Hall–Kier alpha value is -3.22. The van der Waals surface area contributed by atoms with Crippen LogP contribution < -0.4 is 0 Å². The Balaban J connectivity index is 1.94. The van der Waals surface area contributed by atoms with Gasteiger partial charge in [-0.25, -0.2) is 0 Å². The average molecular weight is 570 g/mol. The molecule has 3 aliphatic rings. The molecule has 0 bridgehead atoms. The number of hydrogen-bond donors (Lipinski definition) is 1. The van der Waals surface area contributed by atoms with Gasteiger partial charge < -0.3 is 28.8 Å². The number of carbonyl (C=O) groups excluding carboxylic acids is 5. The molecule has 1 saturated heterocycles. The van der Waals surface area contributed by atoms with Gasteiger partial charge in [-0.05, 0) is 19.4 Å². The fraction of sp³-hybridized carbons (Fsp3) is 0.778. The van der Waals surface area contributed by atoms with Gasteiger partial charge in [0.25, 0.3) is 0 Å². The van der Waals surface area contributed by atoms with Crippen molar-refractivity contribution in [1.82, 2.24) is 4.90 Å². The molecule has 0 aromatic carbocycles. The van der Waals surface area contributed by atoms with Gasteiger partial charge in [0, 0.05) is 51.0 Å². The second kappa shape index (κ2) is 12.5. The molecule has 1 N–H and O–H groups in total. The number of ether oxygens (including phenoxy) is 5. The highest BCUT2D eigenvalue weighted by Gasteiger charge is 2.68. The summed E-state index contributed by atoms with van der Waals surface area (Å²) in [7, 11) is 1.63. The van der Waals surface area contributed by atoms with Crippen molar-refractivity contribution in [3.63, 3.8) is 0 Å². The van der Waals surface area contributed by atoms with Crippen LogP contribution in [0.4, 0.5) is 0 Å². The third kappa shape index (κ3) is 6.73. The number of esters is 5. The van der Waals surface area contributed by atoms with Crippen molar-refractivity contribution in [2.75, 3.05) is 20.3 Å². The van der Waals surface area contributed by atoms with E-state index in [2.05, 4.69) is 0 Å². The number of carboxylic acid groups (broad SMARTS) is 1. The summed E-state index contributed by atoms with van der Waals surface area (Å²) in [6.45, 7) is 7.53. The Morgan fingerprint density at radius 1 is 1.00 bits per heavy atom. The summed E-state index contributed by atoms with van der Waals surface area (Å²) in [5.41, 5.74) is -1.02. The van der Waals surface area contributed by atoms with E-state index in [0.717, 1.165) is 0 Å². The third-order valence-corrected chi connectivity index (χ3v) is 8.32. The average Bonchev–Trinajstić information content (AvgIpc) is 3.23. The minimum Gasteiger partial charge on any atom is -0.481 e. The lowest BCUT2D eigenvalue weighted by Gasteiger charge is -2.45. The summed E-state index contributed by atoms with van der Waals surface area (Å²) in [6.07, 6.45) is -2.96. The minimum atomic E-state index is -1.12. The van der Waals surface area contributed by atoms with E-state index in [9.17, 15) is 28.8 Å². The Morgan fingerprint density at radius 2 is 1.62 bits per heavy atom. The molecule has 0 aromatic heterocycles. The largest absolute Gasteiger partial charge is 0.481 e. The number of rotatable bonds is 10. The van der Waals surface area contributed by atoms with Crippen LogP contribution in [-0.4, -0.2) is 90.6 Å². The molecular weight excluding hydrogens is 530 g/mol. The maximum atomic E-state index is 13.2. The van der Waals surface area contributed by atoms with Crippen LogP contribution in [0.15, 0.2) is 0 Å². The molecule has 0 amide bonds. The Morgan fingerprint density at radius 3 is 2.20 bits per heavy atom. The predicted molar refractivity (Wildman–Crippen MR) is 134 cm³/mol. The highest BCUT2D eigenvalue weighted by atomic mass is 16.6. The molecule has 40 heavy (non-hydrogen) atoms. The van der Waals surface area contributed by atoms with E-state index in [1.165, 1.54) is 20.8 Å². The quantitative estimate of drug-likeness (QED) is 0.227. The van der Waals surface area contributed by atoms with Gasteiger partial charge in [0.2, 0.25) is 0 Å². The molecule has 13 heteroatoms. The molecule has 0 spiro atoms. The highest BCUT2D eigenvalue weighted by Crippen LogP contribution is 2.59. The maximum Gasteiger partial charge on any atom is 0.311 e. The fourth-order valence-corrected chi connectivity index (χ4v) is 6.99. The van der Waals surface area contributed by atoms with Crippen LogP contribution >= 0.6 is 0 Å². The number of fused-ring (bicyclic) bond motifs is 2. The number of hydrogen-bond acceptors (Lipinski definition) is 12. The van der Waals surface area contributed by atoms with E-state index in [1.807, 2.05) is 13.8 Å². The van der Waals surface area contributed by atoms with E-state index in [4.69, 9.17) is 28.8 Å². The van der Waals surface area contributed by atoms with Crippen molar-refractivity contribution in [3.05, 3.63) is 0 Å². The zero-order valence-electron chi connectivity index (χ0n) is 23.7. The minimum absolute atomic E-state index is 0.0880. The van der Waals surface area contributed by atoms with Crippen molar-refractivity contribution in [1.29, 1.82) is 0 Å². The van der Waals surface area contributed by atoms with Gasteiger partial charge in [-0.1, -0.05) is 13.8 Å². The van der Waals surface area contributed by atoms with Gasteiger partial charge in [0.05, 0.1) is 18.8 Å². The molecule has 3 rings (SSSR count). The van der Waals surface area contributed by atoms with Gasteiger partial charge in [-0.2, -0.15) is 0 Å². The molecule has 13 nitrogen and oxygen atoms in total. The van der Waals surface area contributed by atoms with Crippen molar-refractivity contribution in [2.45, 2.75) is 84.7 Å². The van der Waals surface area contributed by atoms with Crippen LogP contribution in [0.2, 0.25) is 0 Å². The molecule has 3 fully saturated rings. The molecule has 9 atom stereocenters. The van der Waals surface area contributed by atoms with E-state index >= 15 is 0 Å². The van der Waals surface area contributed by atoms with Gasteiger partial charge in [-0.15, -0.1) is 0 Å². The molecule has 2 aliphatic carbocycles. The standard InChI is InChI=1S/C27H39NO12/c1-13-9-18-23(17(26(35)40-18)11-28(6)12-36-22(34)8-7-21(32)33)25(39-16(4)31)27(5)20(38-15(3)30)10-19(24(13)27)37-14(2)29/h13,17-20,23-25H,7-12H2,1-6H3,(H,32,33)/t13-,17-,18+,19+,20+,23-,24-,25+,27-/m1/s1. The molecule has 0 unspecified atom stereocenters. The van der Waals surface area contributed by atoms with E-state index < -0.39 is 77.5 Å². The van der Waals surface area contributed by atoms with E-state index in [1.54, 1.807) is 11.9 Å². The summed E-state index contributed by atoms with van der Waals surface area (Å²) < 4.78 is 28.4. The summed E-state index contributed by atoms with van der Waals surface area (Å²) >= 11 is 0. The summed E-state index contributed by atoms with van der Waals surface area (Å²) in [5, 5.41) is 8.75. The number of carboxylic acids is 1. The first-order valence-corrected chi connectivity index (χ1v) is 13.4. The number of nitrogens with zero attached hydrogens (tertiary/aromatic N) is 1. The van der Waals surface area contributed by atoms with Crippen LogP contribution in [0.5, 0.6) is 0 Å². The predicted octanol–water partition coefficient (Wildman–Crippen LogP) is 1.30. The van der Waals surface area contributed by atoms with Gasteiger partial charge in [-0.3, -0.25) is 33.7 Å². The molecule has 0 aromatic rings. The normalized spacial score (nSPS) is 34.6. The first-order valence-electron chi connectivity index (χ1n) is 13.4. The zero-order chi connectivity index (χ0) is 29.9. The molecule has 224 valence electrons. The first-order chi connectivity index (χ1) is 18.6. The smallest absolute Gasteiger partial charge is 0.311 e. The molecule has 1 heterocycles. The Bertz CT molecular complexity index is 1030. The van der Waals surface area contributed by atoms with Crippen LogP contribution in [0, 0.1) is 29.1 Å². The van der Waals surface area contributed by atoms with Crippen LogP contribution in [0.25, 0.3) is 0 Å². The fourth-order valence-electron chi connectivity index (χ4n) is 6.99. The van der Waals surface area contributed by atoms with E-state index in [-0.39, 0.29) is 44.4 Å². The topological polar surface area (TPSA) is 172 Å². The zero-order valence-corrected chi connectivity index (χ0v) is 23.7. The molecule has 1 aliphatic heterocycles. The lowest BCUT2D eigenvalue weighted by atomic mass is 9.66. The van der Waals surface area contributed by atoms with Crippen LogP contribution in [0.1, 0.15) is 60.3 Å². The molecule has 0 radical (unpaired) electrons. The van der Waals surface area contributed by atoms with Crippen molar-refractivity contribution >= 4 is 35.8 Å². The second-order valence-electron chi connectivity index (χ2n) is 11.4. The second-order valence-corrected chi connectivity index (χ2v) is 11.4. The van der Waals surface area contributed by atoms with Crippen molar-refractivity contribution in [2.24, 2.45) is 29.1 Å². The van der Waals surface area contributed by atoms with E-state index in [0.29, 0.717) is 6.42 Å². The van der Waals surface area contributed by atoms with Gasteiger partial charge in [0.15, 0.2) is 0 Å². The van der Waals surface area contributed by atoms with Crippen molar-refractivity contribution < 1.29 is 57.6 Å². The van der Waals surface area contributed by atoms with Gasteiger partial charge >= 0.3 is 35.8 Å². The first kappa shape index (κ1) is 31.3. The third-order valence-electron chi connectivity index (χ3n) is 8.32.